The Hall–Kier alpha value is -0.860. The first-order chi connectivity index (χ1) is 10.5. The molecule has 6 heteroatoms. The Morgan fingerprint density at radius 3 is 3.09 bits per heavy atom. The van der Waals surface area contributed by atoms with Gasteiger partial charge in [-0.25, -0.2) is 0 Å². The number of hydroxylamine groups is 1. The largest absolute Gasteiger partial charge is 0.481 e. The minimum Gasteiger partial charge on any atom is -0.481 e. The number of carboxylic acids is 1. The molecule has 0 radical (unpaired) electrons. The van der Waals surface area contributed by atoms with Crippen molar-refractivity contribution in [2.24, 2.45) is 5.92 Å². The van der Waals surface area contributed by atoms with Crippen molar-refractivity contribution in [3.63, 3.8) is 0 Å². The Morgan fingerprint density at radius 1 is 1.59 bits per heavy atom. The third-order valence-electron chi connectivity index (χ3n) is 4.79. The highest BCUT2D eigenvalue weighted by atomic mass is 127. The first kappa shape index (κ1) is 16.0. The average molecular weight is 416 g/mol. The number of para-hydroxylation sites is 1. The van der Waals surface area contributed by atoms with Crippen molar-refractivity contribution in [3.8, 4) is 5.75 Å². The summed E-state index contributed by atoms with van der Waals surface area (Å²) in [5.41, 5.74) is 3.43. The van der Waals surface area contributed by atoms with E-state index in [4.69, 9.17) is 4.84 Å². The van der Waals surface area contributed by atoms with Crippen molar-refractivity contribution in [2.75, 3.05) is 13.1 Å². The van der Waals surface area contributed by atoms with Gasteiger partial charge in [-0.05, 0) is 38.3 Å². The number of halogens is 1. The zero-order valence-electron chi connectivity index (χ0n) is 12.6. The Kier molecular flexibility index (Phi) is 4.61. The maximum Gasteiger partial charge on any atom is 0.305 e. The molecule has 2 heterocycles. The third-order valence-corrected chi connectivity index (χ3v) is 5.58. The molecule has 1 aromatic rings. The van der Waals surface area contributed by atoms with Crippen LogP contribution in [0.1, 0.15) is 31.7 Å². The lowest BCUT2D eigenvalue weighted by Crippen LogP contribution is -2.53. The summed E-state index contributed by atoms with van der Waals surface area (Å²) in [5, 5.41) is 9.46. The number of alkyl halides is 1. The van der Waals surface area contributed by atoms with E-state index < -0.39 is 11.5 Å². The quantitative estimate of drug-likeness (QED) is 0.449. The first-order valence-corrected chi connectivity index (χ1v) is 8.91. The van der Waals surface area contributed by atoms with E-state index in [1.165, 1.54) is 0 Å². The molecule has 2 aliphatic rings. The predicted molar refractivity (Wildman–Crippen MR) is 91.9 cm³/mol. The summed E-state index contributed by atoms with van der Waals surface area (Å²) >= 11 is 2.42. The molecule has 3 atom stereocenters. The van der Waals surface area contributed by atoms with Crippen LogP contribution in [-0.4, -0.2) is 33.1 Å². The zero-order chi connectivity index (χ0) is 15.7. The maximum atomic E-state index is 11.5. The summed E-state index contributed by atoms with van der Waals surface area (Å²) in [4.78, 5) is 19.6. The molecule has 0 amide bonds. The SMILES string of the molecule is CC(I)N1CCCC(C2(CC(=O)O)NOc3ccccc32)C1. The number of carboxylic acid groups (broad SMARTS) is 1. The van der Waals surface area contributed by atoms with Crippen molar-refractivity contribution in [3.05, 3.63) is 29.8 Å². The number of aliphatic carboxylic acids is 1. The van der Waals surface area contributed by atoms with Crippen LogP contribution in [0.25, 0.3) is 0 Å². The second kappa shape index (κ2) is 6.33. The number of nitrogens with one attached hydrogen (secondary N) is 1. The molecule has 0 aliphatic carbocycles. The van der Waals surface area contributed by atoms with E-state index in [1.54, 1.807) is 0 Å². The van der Waals surface area contributed by atoms with Gasteiger partial charge in [0, 0.05) is 12.1 Å². The maximum absolute atomic E-state index is 11.5. The van der Waals surface area contributed by atoms with E-state index >= 15 is 0 Å². The van der Waals surface area contributed by atoms with Crippen LogP contribution < -0.4 is 10.3 Å². The molecule has 1 aromatic carbocycles. The highest BCUT2D eigenvalue weighted by Gasteiger charge is 2.49. The van der Waals surface area contributed by atoms with Gasteiger partial charge in [-0.3, -0.25) is 9.69 Å². The lowest BCUT2D eigenvalue weighted by Gasteiger charge is -2.43. The Labute approximate surface area is 144 Å². The third kappa shape index (κ3) is 2.83. The molecule has 1 saturated heterocycles. The van der Waals surface area contributed by atoms with Crippen LogP contribution in [0.3, 0.4) is 0 Å². The second-order valence-electron chi connectivity index (χ2n) is 6.15. The van der Waals surface area contributed by atoms with Gasteiger partial charge < -0.3 is 9.94 Å². The van der Waals surface area contributed by atoms with Crippen LogP contribution >= 0.6 is 22.6 Å². The molecule has 0 saturated carbocycles. The molecule has 2 N–H and O–H groups in total. The van der Waals surface area contributed by atoms with Gasteiger partial charge in [0.1, 0.15) is 0 Å². The van der Waals surface area contributed by atoms with E-state index in [-0.39, 0.29) is 12.3 Å². The first-order valence-electron chi connectivity index (χ1n) is 7.66. The standard InChI is InChI=1S/C16H21IN2O3/c1-11(17)19-8-4-5-12(10-19)16(9-15(20)21)13-6-2-3-7-14(13)22-18-16/h2-3,6-7,11-12,18H,4-5,8-10H2,1H3,(H,20,21). The summed E-state index contributed by atoms with van der Waals surface area (Å²) in [6, 6.07) is 7.75. The minimum atomic E-state index is -0.799. The Bertz CT molecular complexity index is 566. The fourth-order valence-electron chi connectivity index (χ4n) is 3.67. The number of rotatable bonds is 4. The van der Waals surface area contributed by atoms with Gasteiger partial charge in [0.05, 0.1) is 16.0 Å². The molecule has 3 unspecified atom stereocenters. The summed E-state index contributed by atoms with van der Waals surface area (Å²) in [7, 11) is 0. The zero-order valence-corrected chi connectivity index (χ0v) is 14.7. The van der Waals surface area contributed by atoms with Gasteiger partial charge in [0.2, 0.25) is 0 Å². The van der Waals surface area contributed by atoms with E-state index in [2.05, 4.69) is 39.9 Å². The van der Waals surface area contributed by atoms with E-state index in [0.29, 0.717) is 4.05 Å². The molecule has 120 valence electrons. The molecule has 0 spiro atoms. The fourth-order valence-corrected chi connectivity index (χ4v) is 4.18. The smallest absolute Gasteiger partial charge is 0.305 e. The van der Waals surface area contributed by atoms with Gasteiger partial charge in [-0.2, -0.15) is 0 Å². The monoisotopic (exact) mass is 416 g/mol. The Balaban J connectivity index is 1.96. The highest BCUT2D eigenvalue weighted by Crippen LogP contribution is 2.46. The number of nitrogens with zero attached hydrogens (tertiary/aromatic N) is 1. The van der Waals surface area contributed by atoms with Crippen molar-refractivity contribution >= 4 is 28.6 Å². The molecule has 3 rings (SSSR count). The fraction of sp³-hybridized carbons (Fsp3) is 0.562. The van der Waals surface area contributed by atoms with Crippen molar-refractivity contribution < 1.29 is 14.7 Å². The molecular weight excluding hydrogens is 395 g/mol. The van der Waals surface area contributed by atoms with Crippen LogP contribution in [0.4, 0.5) is 0 Å². The normalized spacial score (nSPS) is 29.6. The van der Waals surface area contributed by atoms with Crippen molar-refractivity contribution in [2.45, 2.75) is 35.8 Å². The molecule has 0 bridgehead atoms. The summed E-state index contributed by atoms with van der Waals surface area (Å²) < 4.78 is 0.444. The number of piperidine rings is 1. The molecule has 22 heavy (non-hydrogen) atoms. The number of benzene rings is 1. The summed E-state index contributed by atoms with van der Waals surface area (Å²) in [5.74, 6) is 0.175. The molecule has 1 fully saturated rings. The minimum absolute atomic E-state index is 0.0398. The van der Waals surface area contributed by atoms with Crippen molar-refractivity contribution in [1.82, 2.24) is 10.4 Å². The van der Waals surface area contributed by atoms with E-state index in [9.17, 15) is 9.90 Å². The lowest BCUT2D eigenvalue weighted by molar-refractivity contribution is -0.141. The number of hydrogen-bond acceptors (Lipinski definition) is 4. The van der Waals surface area contributed by atoms with Gasteiger partial charge >= 0.3 is 5.97 Å². The number of likely N-dealkylation sites (tertiary alicyclic amines) is 1. The highest BCUT2D eigenvalue weighted by molar-refractivity contribution is 14.1. The number of carbonyl (C=O) groups is 1. The average Bonchev–Trinajstić information content (AvgIpc) is 2.87. The molecular formula is C16H21IN2O3. The number of hydrogen-bond donors (Lipinski definition) is 2. The van der Waals surface area contributed by atoms with Crippen LogP contribution in [0.2, 0.25) is 0 Å². The molecule has 2 aliphatic heterocycles. The van der Waals surface area contributed by atoms with Crippen LogP contribution in [-0.2, 0) is 10.3 Å². The van der Waals surface area contributed by atoms with Gasteiger partial charge in [-0.15, -0.1) is 5.48 Å². The van der Waals surface area contributed by atoms with E-state index in [1.807, 2.05) is 24.3 Å². The van der Waals surface area contributed by atoms with Gasteiger partial charge in [0.25, 0.3) is 0 Å². The molecule has 5 nitrogen and oxygen atoms in total. The van der Waals surface area contributed by atoms with Crippen LogP contribution in [0.15, 0.2) is 24.3 Å². The van der Waals surface area contributed by atoms with Crippen LogP contribution in [0.5, 0.6) is 5.75 Å². The van der Waals surface area contributed by atoms with E-state index in [0.717, 1.165) is 37.2 Å². The van der Waals surface area contributed by atoms with Crippen LogP contribution in [0, 0.1) is 5.92 Å². The topological polar surface area (TPSA) is 61.8 Å². The molecule has 0 aromatic heterocycles. The Morgan fingerprint density at radius 2 is 2.36 bits per heavy atom. The summed E-state index contributed by atoms with van der Waals surface area (Å²) in [6.45, 7) is 4.15. The number of fused-ring (bicyclic) bond motifs is 1. The lowest BCUT2D eigenvalue weighted by atomic mass is 9.73. The summed E-state index contributed by atoms with van der Waals surface area (Å²) in [6.07, 6.45) is 2.14. The van der Waals surface area contributed by atoms with Gasteiger partial charge in [-0.1, -0.05) is 40.8 Å². The van der Waals surface area contributed by atoms with Gasteiger partial charge in [0.15, 0.2) is 5.75 Å². The van der Waals surface area contributed by atoms with Crippen molar-refractivity contribution in [1.29, 1.82) is 0 Å². The second-order valence-corrected chi connectivity index (χ2v) is 7.95. The predicted octanol–water partition coefficient (Wildman–Crippen LogP) is 2.75.